The first-order valence-corrected chi connectivity index (χ1v) is 6.23. The van der Waals surface area contributed by atoms with E-state index in [0.29, 0.717) is 18.0 Å². The zero-order valence-electron chi connectivity index (χ0n) is 12.3. The second-order valence-electron chi connectivity index (χ2n) is 4.67. The molecule has 0 saturated carbocycles. The second kappa shape index (κ2) is 8.66. The highest BCUT2D eigenvalue weighted by Crippen LogP contribution is 2.24. The highest BCUT2D eigenvalue weighted by atomic mass is 35.5. The summed E-state index contributed by atoms with van der Waals surface area (Å²) in [5.41, 5.74) is 6.66. The first-order valence-electron chi connectivity index (χ1n) is 6.23. The number of nitrogens with two attached hydrogens (primary N) is 1. The number of methoxy groups -OCH3 is 2. The summed E-state index contributed by atoms with van der Waals surface area (Å²) in [6.45, 7) is 4.21. The minimum absolute atomic E-state index is 0. The molecule has 1 rings (SSSR count). The van der Waals surface area contributed by atoms with Crippen LogP contribution in [0.4, 0.5) is 0 Å². The van der Waals surface area contributed by atoms with Crippen LogP contribution in [0.15, 0.2) is 18.2 Å². The average Bonchev–Trinajstić information content (AvgIpc) is 2.43. The normalized spacial score (nSPS) is 11.5. The maximum Gasteiger partial charge on any atom is 0.237 e. The Labute approximate surface area is 126 Å². The van der Waals surface area contributed by atoms with Crippen molar-refractivity contribution < 1.29 is 14.3 Å². The maximum atomic E-state index is 11.8. The van der Waals surface area contributed by atoms with Crippen molar-refractivity contribution in [3.63, 3.8) is 0 Å². The van der Waals surface area contributed by atoms with Gasteiger partial charge in [0.15, 0.2) is 0 Å². The molecular weight excluding hydrogens is 280 g/mol. The number of ether oxygens (including phenoxy) is 2. The van der Waals surface area contributed by atoms with Gasteiger partial charge in [-0.2, -0.15) is 0 Å². The summed E-state index contributed by atoms with van der Waals surface area (Å²) < 4.78 is 10.4. The van der Waals surface area contributed by atoms with Crippen LogP contribution < -0.4 is 20.5 Å². The van der Waals surface area contributed by atoms with Crippen LogP contribution in [0.3, 0.4) is 0 Å². The van der Waals surface area contributed by atoms with Crippen LogP contribution in [-0.4, -0.2) is 26.2 Å². The highest BCUT2D eigenvalue weighted by Gasteiger charge is 2.17. The van der Waals surface area contributed by atoms with Gasteiger partial charge in [0, 0.05) is 18.2 Å². The molecule has 114 valence electrons. The molecule has 0 fully saturated rings. The first kappa shape index (κ1) is 18.5. The molecule has 3 N–H and O–H groups in total. The van der Waals surface area contributed by atoms with Crippen molar-refractivity contribution in [1.82, 2.24) is 5.32 Å². The molecule has 0 spiro atoms. The molecule has 6 heteroatoms. The van der Waals surface area contributed by atoms with Gasteiger partial charge in [-0.1, -0.05) is 13.8 Å². The molecule has 5 nitrogen and oxygen atoms in total. The van der Waals surface area contributed by atoms with Crippen LogP contribution in [0.25, 0.3) is 0 Å². The molecule has 0 saturated heterocycles. The Morgan fingerprint density at radius 2 is 1.95 bits per heavy atom. The van der Waals surface area contributed by atoms with Crippen LogP contribution in [0.5, 0.6) is 11.5 Å². The van der Waals surface area contributed by atoms with Crippen molar-refractivity contribution in [3.05, 3.63) is 23.8 Å². The Balaban J connectivity index is 0.00000361. The van der Waals surface area contributed by atoms with E-state index in [2.05, 4.69) is 5.32 Å². The third kappa shape index (κ3) is 4.90. The number of carbonyl (C=O) groups excluding carboxylic acids is 1. The molecule has 0 aliphatic heterocycles. The topological polar surface area (TPSA) is 73.6 Å². The van der Waals surface area contributed by atoms with Crippen molar-refractivity contribution in [2.45, 2.75) is 26.4 Å². The molecule has 0 aromatic heterocycles. The molecule has 1 aromatic carbocycles. The maximum absolute atomic E-state index is 11.8. The van der Waals surface area contributed by atoms with Crippen LogP contribution in [0.2, 0.25) is 0 Å². The van der Waals surface area contributed by atoms with Crippen molar-refractivity contribution in [1.29, 1.82) is 0 Å². The van der Waals surface area contributed by atoms with Gasteiger partial charge in [-0.15, -0.1) is 12.4 Å². The Hall–Kier alpha value is -1.46. The van der Waals surface area contributed by atoms with Gasteiger partial charge in [0.1, 0.15) is 11.5 Å². The number of nitrogens with one attached hydrogen (secondary N) is 1. The lowest BCUT2D eigenvalue weighted by molar-refractivity contribution is -0.123. The molecule has 0 aliphatic rings. The first-order chi connectivity index (χ1) is 8.99. The summed E-state index contributed by atoms with van der Waals surface area (Å²) in [4.78, 5) is 11.8. The monoisotopic (exact) mass is 302 g/mol. The lowest BCUT2D eigenvalue weighted by Crippen LogP contribution is -2.43. The largest absolute Gasteiger partial charge is 0.497 e. The fourth-order valence-corrected chi connectivity index (χ4v) is 1.60. The van der Waals surface area contributed by atoms with E-state index in [-0.39, 0.29) is 24.2 Å². The molecule has 0 radical (unpaired) electrons. The van der Waals surface area contributed by atoms with E-state index in [4.69, 9.17) is 15.2 Å². The third-order valence-electron chi connectivity index (χ3n) is 2.97. The Morgan fingerprint density at radius 3 is 2.45 bits per heavy atom. The van der Waals surface area contributed by atoms with E-state index in [0.717, 1.165) is 5.56 Å². The van der Waals surface area contributed by atoms with Crippen LogP contribution in [0.1, 0.15) is 19.4 Å². The summed E-state index contributed by atoms with van der Waals surface area (Å²) in [5, 5.41) is 2.81. The SMILES string of the molecule is COc1ccc(CNC(=O)C(N)C(C)C)c(OC)c1.Cl. The Morgan fingerprint density at radius 1 is 1.30 bits per heavy atom. The van der Waals surface area contributed by atoms with Crippen molar-refractivity contribution >= 4 is 18.3 Å². The average molecular weight is 303 g/mol. The van der Waals surface area contributed by atoms with Crippen molar-refractivity contribution in [3.8, 4) is 11.5 Å². The Kier molecular flexibility index (Phi) is 8.03. The van der Waals surface area contributed by atoms with Crippen LogP contribution in [-0.2, 0) is 11.3 Å². The summed E-state index contributed by atoms with van der Waals surface area (Å²) >= 11 is 0. The predicted molar refractivity (Wildman–Crippen MR) is 81.5 cm³/mol. The number of rotatable bonds is 6. The number of halogens is 1. The van der Waals surface area contributed by atoms with Crippen molar-refractivity contribution in [2.24, 2.45) is 11.7 Å². The van der Waals surface area contributed by atoms with E-state index in [1.807, 2.05) is 26.0 Å². The second-order valence-corrected chi connectivity index (χ2v) is 4.67. The van der Waals surface area contributed by atoms with Gasteiger partial charge in [0.05, 0.1) is 20.3 Å². The molecule has 20 heavy (non-hydrogen) atoms. The summed E-state index contributed by atoms with van der Waals surface area (Å²) in [6, 6.07) is 4.97. The van der Waals surface area contributed by atoms with Gasteiger partial charge in [0.2, 0.25) is 5.91 Å². The zero-order valence-corrected chi connectivity index (χ0v) is 13.1. The summed E-state index contributed by atoms with van der Waals surface area (Å²) in [7, 11) is 3.18. The molecule has 1 atom stereocenters. The molecule has 0 bridgehead atoms. The van der Waals surface area contributed by atoms with Crippen LogP contribution >= 0.6 is 12.4 Å². The summed E-state index contributed by atoms with van der Waals surface area (Å²) in [6.07, 6.45) is 0. The third-order valence-corrected chi connectivity index (χ3v) is 2.97. The van der Waals surface area contributed by atoms with Gasteiger partial charge < -0.3 is 20.5 Å². The molecular formula is C14H23ClN2O3. The van der Waals surface area contributed by atoms with E-state index in [1.165, 1.54) is 0 Å². The smallest absolute Gasteiger partial charge is 0.237 e. The zero-order chi connectivity index (χ0) is 14.4. The fraction of sp³-hybridized carbons (Fsp3) is 0.500. The predicted octanol–water partition coefficient (Wildman–Crippen LogP) is 1.73. The molecule has 1 aromatic rings. The van der Waals surface area contributed by atoms with E-state index >= 15 is 0 Å². The van der Waals surface area contributed by atoms with Gasteiger partial charge in [-0.05, 0) is 18.1 Å². The van der Waals surface area contributed by atoms with Crippen molar-refractivity contribution in [2.75, 3.05) is 14.2 Å². The molecule has 0 heterocycles. The lowest BCUT2D eigenvalue weighted by Gasteiger charge is -2.16. The molecule has 1 amide bonds. The van der Waals surface area contributed by atoms with E-state index in [9.17, 15) is 4.79 Å². The fourth-order valence-electron chi connectivity index (χ4n) is 1.60. The number of hydrogen-bond acceptors (Lipinski definition) is 4. The number of carbonyl (C=O) groups is 1. The minimum Gasteiger partial charge on any atom is -0.497 e. The van der Waals surface area contributed by atoms with Gasteiger partial charge in [-0.25, -0.2) is 0 Å². The lowest BCUT2D eigenvalue weighted by atomic mass is 10.0. The van der Waals surface area contributed by atoms with Crippen LogP contribution in [0, 0.1) is 5.92 Å². The number of amides is 1. The van der Waals surface area contributed by atoms with E-state index < -0.39 is 6.04 Å². The summed E-state index contributed by atoms with van der Waals surface area (Å²) in [5.74, 6) is 1.34. The van der Waals surface area contributed by atoms with E-state index in [1.54, 1.807) is 20.3 Å². The standard InChI is InChI=1S/C14H22N2O3.ClH/c1-9(2)13(15)14(17)16-8-10-5-6-11(18-3)7-12(10)19-4;/h5-7,9,13H,8,15H2,1-4H3,(H,16,17);1H. The quantitative estimate of drug-likeness (QED) is 0.839. The minimum atomic E-state index is -0.496. The Bertz CT molecular complexity index is 438. The van der Waals surface area contributed by atoms with Gasteiger partial charge >= 0.3 is 0 Å². The highest BCUT2D eigenvalue weighted by molar-refractivity contribution is 5.85. The van der Waals surface area contributed by atoms with Gasteiger partial charge in [0.25, 0.3) is 0 Å². The number of benzene rings is 1. The molecule has 1 unspecified atom stereocenters. The molecule has 0 aliphatic carbocycles. The number of hydrogen-bond donors (Lipinski definition) is 2. The van der Waals surface area contributed by atoms with Gasteiger partial charge in [-0.3, -0.25) is 4.79 Å².